The number of amides is 3. The van der Waals surface area contributed by atoms with Crippen LogP contribution >= 0.6 is 11.6 Å². The highest BCUT2D eigenvalue weighted by Gasteiger charge is 2.38. The number of benzene rings is 1. The lowest BCUT2D eigenvalue weighted by atomic mass is 10.1. The van der Waals surface area contributed by atoms with E-state index in [1.54, 1.807) is 18.2 Å². The first-order chi connectivity index (χ1) is 12.5. The molecule has 0 aromatic heterocycles. The normalized spacial score (nSPS) is 20.5. The molecule has 1 saturated carbocycles. The lowest BCUT2D eigenvalue weighted by Gasteiger charge is -2.23. The number of likely N-dealkylation sites (tertiary alicyclic amines) is 1. The zero-order chi connectivity index (χ0) is 18.7. The van der Waals surface area contributed by atoms with Crippen molar-refractivity contribution >= 4 is 35.0 Å². The second-order valence-corrected chi connectivity index (χ2v) is 7.34. The first kappa shape index (κ1) is 18.7. The Morgan fingerprint density at radius 2 is 2.00 bits per heavy atom. The van der Waals surface area contributed by atoms with E-state index in [1.807, 2.05) is 11.8 Å². The molecule has 1 aromatic carbocycles. The van der Waals surface area contributed by atoms with Gasteiger partial charge in [0.25, 0.3) is 5.91 Å². The Hall–Kier alpha value is -2.08. The van der Waals surface area contributed by atoms with E-state index in [0.29, 0.717) is 35.4 Å². The highest BCUT2D eigenvalue weighted by atomic mass is 35.5. The van der Waals surface area contributed by atoms with E-state index in [1.165, 1.54) is 0 Å². The van der Waals surface area contributed by atoms with Crippen LogP contribution in [0.1, 0.15) is 49.4 Å². The maximum atomic E-state index is 12.6. The molecule has 26 heavy (non-hydrogen) atoms. The second kappa shape index (κ2) is 8.08. The van der Waals surface area contributed by atoms with Crippen LogP contribution in [0.2, 0.25) is 5.02 Å². The summed E-state index contributed by atoms with van der Waals surface area (Å²) in [6.07, 6.45) is 4.62. The molecule has 3 rings (SSSR count). The van der Waals surface area contributed by atoms with E-state index >= 15 is 0 Å². The number of anilines is 1. The average Bonchev–Trinajstić information content (AvgIpc) is 3.26. The monoisotopic (exact) mass is 377 g/mol. The van der Waals surface area contributed by atoms with Gasteiger partial charge in [0.2, 0.25) is 11.8 Å². The maximum Gasteiger partial charge on any atom is 0.252 e. The summed E-state index contributed by atoms with van der Waals surface area (Å²) >= 11 is 6.08. The van der Waals surface area contributed by atoms with Crippen LogP contribution in [0.15, 0.2) is 18.2 Å². The van der Waals surface area contributed by atoms with Crippen LogP contribution in [0.5, 0.6) is 0 Å². The third-order valence-corrected chi connectivity index (χ3v) is 5.44. The van der Waals surface area contributed by atoms with Gasteiger partial charge in [0, 0.05) is 31.2 Å². The second-order valence-electron chi connectivity index (χ2n) is 6.93. The Morgan fingerprint density at radius 1 is 1.27 bits per heavy atom. The van der Waals surface area contributed by atoms with Crippen LogP contribution in [0.4, 0.5) is 5.69 Å². The van der Waals surface area contributed by atoms with Gasteiger partial charge >= 0.3 is 0 Å². The van der Waals surface area contributed by atoms with Gasteiger partial charge in [-0.2, -0.15) is 0 Å². The molecule has 0 spiro atoms. The summed E-state index contributed by atoms with van der Waals surface area (Å²) in [7, 11) is 0. The average molecular weight is 378 g/mol. The molecule has 1 atom stereocenters. The molecular formula is C19H24ClN3O3. The predicted octanol–water partition coefficient (Wildman–Crippen LogP) is 2.82. The first-order valence-corrected chi connectivity index (χ1v) is 9.55. The summed E-state index contributed by atoms with van der Waals surface area (Å²) in [4.78, 5) is 38.8. The molecule has 2 N–H and O–H groups in total. The lowest BCUT2D eigenvalue weighted by Crippen LogP contribution is -2.35. The molecule has 1 aliphatic heterocycles. The molecule has 1 unspecified atom stereocenters. The van der Waals surface area contributed by atoms with E-state index in [2.05, 4.69) is 10.6 Å². The Balaban J connectivity index is 1.65. The standard InChI is InChI=1S/C19H24ClN3O3/c1-2-21-19(26)15-10-13(7-8-16(15)20)22-18(25)12-9-17(24)23(11-12)14-5-3-4-6-14/h7-8,10,12,14H,2-6,9,11H2,1H3,(H,21,26)(H,22,25). The van der Waals surface area contributed by atoms with Gasteiger partial charge in [0.1, 0.15) is 0 Å². The summed E-state index contributed by atoms with van der Waals surface area (Å²) in [6.45, 7) is 2.80. The van der Waals surface area contributed by atoms with E-state index in [9.17, 15) is 14.4 Å². The van der Waals surface area contributed by atoms with E-state index in [0.717, 1.165) is 25.7 Å². The summed E-state index contributed by atoms with van der Waals surface area (Å²) in [5, 5.41) is 5.85. The minimum atomic E-state index is -0.355. The third-order valence-electron chi connectivity index (χ3n) is 5.11. The van der Waals surface area contributed by atoms with Gasteiger partial charge in [0.15, 0.2) is 0 Å². The molecule has 1 aliphatic carbocycles. The number of carbonyl (C=O) groups is 3. The Bertz CT molecular complexity index is 716. The van der Waals surface area contributed by atoms with E-state index < -0.39 is 0 Å². The van der Waals surface area contributed by atoms with Gasteiger partial charge in [-0.15, -0.1) is 0 Å². The maximum absolute atomic E-state index is 12.6. The molecule has 7 heteroatoms. The number of nitrogens with zero attached hydrogens (tertiary/aromatic N) is 1. The van der Waals surface area contributed by atoms with Crippen LogP contribution in [-0.4, -0.2) is 41.8 Å². The molecule has 3 amide bonds. The van der Waals surface area contributed by atoms with E-state index in [4.69, 9.17) is 11.6 Å². The molecule has 1 saturated heterocycles. The number of halogens is 1. The van der Waals surface area contributed by atoms with Gasteiger partial charge in [-0.05, 0) is 38.0 Å². The fourth-order valence-corrected chi connectivity index (χ4v) is 3.96. The van der Waals surface area contributed by atoms with Crippen molar-refractivity contribution in [3.8, 4) is 0 Å². The molecular weight excluding hydrogens is 354 g/mol. The number of nitrogens with one attached hydrogen (secondary N) is 2. The van der Waals surface area contributed by atoms with Crippen molar-refractivity contribution in [1.82, 2.24) is 10.2 Å². The molecule has 0 radical (unpaired) electrons. The number of hydrogen-bond acceptors (Lipinski definition) is 3. The Morgan fingerprint density at radius 3 is 2.69 bits per heavy atom. The molecule has 1 heterocycles. The number of carbonyl (C=O) groups excluding carboxylic acids is 3. The summed E-state index contributed by atoms with van der Waals surface area (Å²) in [5.41, 5.74) is 0.828. The van der Waals surface area contributed by atoms with Crippen molar-refractivity contribution in [3.63, 3.8) is 0 Å². The molecule has 2 fully saturated rings. The first-order valence-electron chi connectivity index (χ1n) is 9.17. The van der Waals surface area contributed by atoms with Crippen LogP contribution in [-0.2, 0) is 9.59 Å². The highest BCUT2D eigenvalue weighted by Crippen LogP contribution is 2.30. The van der Waals surface area contributed by atoms with Crippen molar-refractivity contribution in [2.45, 2.75) is 45.1 Å². The predicted molar refractivity (Wildman–Crippen MR) is 100 cm³/mol. The van der Waals surface area contributed by atoms with Crippen molar-refractivity contribution in [3.05, 3.63) is 28.8 Å². The van der Waals surface area contributed by atoms with Crippen LogP contribution < -0.4 is 10.6 Å². The van der Waals surface area contributed by atoms with Crippen LogP contribution in [0.25, 0.3) is 0 Å². The SMILES string of the molecule is CCNC(=O)c1cc(NC(=O)C2CC(=O)N(C3CCCC3)C2)ccc1Cl. The minimum Gasteiger partial charge on any atom is -0.352 e. The zero-order valence-corrected chi connectivity index (χ0v) is 15.6. The molecule has 140 valence electrons. The van der Waals surface area contributed by atoms with Crippen molar-refractivity contribution in [2.75, 3.05) is 18.4 Å². The highest BCUT2D eigenvalue weighted by molar-refractivity contribution is 6.34. The largest absolute Gasteiger partial charge is 0.352 e. The van der Waals surface area contributed by atoms with Crippen molar-refractivity contribution < 1.29 is 14.4 Å². The van der Waals surface area contributed by atoms with Crippen LogP contribution in [0.3, 0.4) is 0 Å². The van der Waals surface area contributed by atoms with Crippen molar-refractivity contribution in [1.29, 1.82) is 0 Å². The molecule has 1 aromatic rings. The summed E-state index contributed by atoms with van der Waals surface area (Å²) in [6, 6.07) is 5.11. The topological polar surface area (TPSA) is 78.5 Å². The number of hydrogen-bond donors (Lipinski definition) is 2. The Kier molecular flexibility index (Phi) is 5.81. The van der Waals surface area contributed by atoms with Gasteiger partial charge in [-0.1, -0.05) is 24.4 Å². The summed E-state index contributed by atoms with van der Waals surface area (Å²) < 4.78 is 0. The van der Waals surface area contributed by atoms with Gasteiger partial charge in [0.05, 0.1) is 16.5 Å². The minimum absolute atomic E-state index is 0.0659. The lowest BCUT2D eigenvalue weighted by molar-refractivity contribution is -0.129. The molecule has 0 bridgehead atoms. The van der Waals surface area contributed by atoms with Crippen LogP contribution in [0, 0.1) is 5.92 Å². The zero-order valence-electron chi connectivity index (χ0n) is 14.9. The fourth-order valence-electron chi connectivity index (χ4n) is 3.75. The van der Waals surface area contributed by atoms with Gasteiger partial charge in [-0.25, -0.2) is 0 Å². The molecule has 6 nitrogen and oxygen atoms in total. The summed E-state index contributed by atoms with van der Waals surface area (Å²) in [5.74, 6) is -0.761. The van der Waals surface area contributed by atoms with Gasteiger partial charge < -0.3 is 15.5 Å². The Labute approximate surface area is 158 Å². The van der Waals surface area contributed by atoms with Crippen molar-refractivity contribution in [2.24, 2.45) is 5.92 Å². The number of rotatable bonds is 5. The quantitative estimate of drug-likeness (QED) is 0.828. The third kappa shape index (κ3) is 4.01. The van der Waals surface area contributed by atoms with E-state index in [-0.39, 0.29) is 30.1 Å². The fraction of sp³-hybridized carbons (Fsp3) is 0.526. The van der Waals surface area contributed by atoms with Gasteiger partial charge in [-0.3, -0.25) is 14.4 Å². The molecule has 2 aliphatic rings. The smallest absolute Gasteiger partial charge is 0.252 e.